The van der Waals surface area contributed by atoms with Gasteiger partial charge in [-0.2, -0.15) is 10.5 Å². The summed E-state index contributed by atoms with van der Waals surface area (Å²) in [7, 11) is 0. The molecule has 1 aromatic heterocycles. The van der Waals surface area contributed by atoms with Crippen LogP contribution in [-0.2, 0) is 4.74 Å². The van der Waals surface area contributed by atoms with Gasteiger partial charge in [0.05, 0.1) is 40.3 Å². The third-order valence-electron chi connectivity index (χ3n) is 5.11. The summed E-state index contributed by atoms with van der Waals surface area (Å²) in [6, 6.07) is 15.3. The summed E-state index contributed by atoms with van der Waals surface area (Å²) < 4.78 is 33.8. The molecule has 1 aliphatic heterocycles. The number of benzene rings is 2. The zero-order valence-corrected chi connectivity index (χ0v) is 18.6. The van der Waals surface area contributed by atoms with Crippen LogP contribution in [0.4, 0.5) is 8.78 Å². The van der Waals surface area contributed by atoms with E-state index >= 15 is 0 Å². The van der Waals surface area contributed by atoms with Crippen LogP contribution >= 0.6 is 11.3 Å². The van der Waals surface area contributed by atoms with Crippen molar-refractivity contribution in [2.45, 2.75) is 12.8 Å². The molecule has 0 radical (unpaired) electrons. The van der Waals surface area contributed by atoms with E-state index in [1.807, 2.05) is 0 Å². The molecule has 1 atom stereocenters. The predicted octanol–water partition coefficient (Wildman–Crippen LogP) is 3.25. The lowest BCUT2D eigenvalue weighted by Gasteiger charge is -2.22. The molecule has 168 valence electrons. The SMILES string of the molecule is CCO/C=N/C1=C(C#N)C(c2ccc(F)cc2)C(C#N)=c2s/c(=C/c3ccc(F)cc3)c(=O)n21. The highest BCUT2D eigenvalue weighted by Gasteiger charge is 2.33. The van der Waals surface area contributed by atoms with Gasteiger partial charge in [0.25, 0.3) is 5.56 Å². The zero-order valence-electron chi connectivity index (χ0n) is 17.8. The van der Waals surface area contributed by atoms with E-state index in [2.05, 4.69) is 17.1 Å². The molecule has 0 spiro atoms. The Bertz CT molecular complexity index is 1570. The summed E-state index contributed by atoms with van der Waals surface area (Å²) in [6.07, 6.45) is 2.72. The second-order valence-electron chi connectivity index (χ2n) is 7.16. The number of halogens is 2. The molecule has 0 aliphatic carbocycles. The third-order valence-corrected chi connectivity index (χ3v) is 6.22. The molecular weight excluding hydrogens is 458 g/mol. The highest BCUT2D eigenvalue weighted by molar-refractivity contribution is 7.07. The molecule has 4 rings (SSSR count). The Balaban J connectivity index is 2.07. The van der Waals surface area contributed by atoms with Crippen molar-refractivity contribution in [1.82, 2.24) is 4.57 Å². The summed E-state index contributed by atoms with van der Waals surface area (Å²) in [5, 5.41) is 20.1. The number of rotatable bonds is 5. The van der Waals surface area contributed by atoms with Crippen molar-refractivity contribution in [3.63, 3.8) is 0 Å². The minimum Gasteiger partial charge on any atom is -0.483 e. The third kappa shape index (κ3) is 4.17. The number of aliphatic imine (C=N–C) groups is 1. The number of nitriles is 2. The number of fused-ring (bicyclic) bond motifs is 1. The molecule has 34 heavy (non-hydrogen) atoms. The van der Waals surface area contributed by atoms with Crippen LogP contribution in [0.3, 0.4) is 0 Å². The van der Waals surface area contributed by atoms with Crippen LogP contribution in [0.5, 0.6) is 0 Å². The molecule has 1 unspecified atom stereocenters. The molecule has 3 aromatic rings. The van der Waals surface area contributed by atoms with Gasteiger partial charge in [-0.3, -0.25) is 4.79 Å². The summed E-state index contributed by atoms with van der Waals surface area (Å²) in [4.78, 5) is 17.6. The van der Waals surface area contributed by atoms with E-state index in [1.54, 1.807) is 13.0 Å². The Morgan fingerprint density at radius 2 is 1.68 bits per heavy atom. The first-order valence-corrected chi connectivity index (χ1v) is 11.0. The van der Waals surface area contributed by atoms with Crippen LogP contribution in [0, 0.1) is 34.3 Å². The van der Waals surface area contributed by atoms with Crippen molar-refractivity contribution in [1.29, 1.82) is 10.5 Å². The van der Waals surface area contributed by atoms with Crippen LogP contribution in [0.1, 0.15) is 24.0 Å². The molecule has 9 heteroatoms. The van der Waals surface area contributed by atoms with E-state index in [9.17, 15) is 24.1 Å². The fourth-order valence-electron chi connectivity index (χ4n) is 3.59. The van der Waals surface area contributed by atoms with Crippen molar-refractivity contribution in [2.24, 2.45) is 4.99 Å². The van der Waals surface area contributed by atoms with Gasteiger partial charge in [-0.15, -0.1) is 11.3 Å². The fourth-order valence-corrected chi connectivity index (χ4v) is 4.70. The number of allylic oxidation sites excluding steroid dienone is 1. The van der Waals surface area contributed by atoms with Crippen LogP contribution in [0.2, 0.25) is 0 Å². The largest absolute Gasteiger partial charge is 0.483 e. The second-order valence-corrected chi connectivity index (χ2v) is 8.19. The smallest absolute Gasteiger partial charge is 0.274 e. The van der Waals surface area contributed by atoms with E-state index in [-0.39, 0.29) is 21.5 Å². The Kier molecular flexibility index (Phi) is 6.48. The molecule has 0 saturated carbocycles. The summed E-state index contributed by atoms with van der Waals surface area (Å²) in [5.41, 5.74) is 0.843. The molecule has 2 aromatic carbocycles. The number of aromatic nitrogens is 1. The lowest BCUT2D eigenvalue weighted by Crippen LogP contribution is -2.35. The van der Waals surface area contributed by atoms with E-state index < -0.39 is 23.1 Å². The van der Waals surface area contributed by atoms with Gasteiger partial charge in [0.2, 0.25) is 0 Å². The van der Waals surface area contributed by atoms with Gasteiger partial charge in [-0.05, 0) is 48.4 Å². The number of nitrogens with zero attached hydrogens (tertiary/aromatic N) is 4. The Morgan fingerprint density at radius 1 is 1.06 bits per heavy atom. The maximum Gasteiger partial charge on any atom is 0.274 e. The van der Waals surface area contributed by atoms with Gasteiger partial charge in [-0.25, -0.2) is 18.3 Å². The highest BCUT2D eigenvalue weighted by Crippen LogP contribution is 2.37. The Morgan fingerprint density at radius 3 is 2.26 bits per heavy atom. The quantitative estimate of drug-likeness (QED) is 0.419. The molecule has 1 aliphatic rings. The first kappa shape index (κ1) is 22.8. The number of hydrogen-bond donors (Lipinski definition) is 0. The van der Waals surface area contributed by atoms with Crippen LogP contribution < -0.4 is 14.8 Å². The highest BCUT2D eigenvalue weighted by atomic mass is 32.1. The molecule has 0 N–H and O–H groups in total. The molecular formula is C25H16F2N4O2S. The van der Waals surface area contributed by atoms with Crippen molar-refractivity contribution in [3.8, 4) is 12.1 Å². The summed E-state index contributed by atoms with van der Waals surface area (Å²) >= 11 is 1.06. The van der Waals surface area contributed by atoms with Crippen molar-refractivity contribution in [2.75, 3.05) is 6.61 Å². The number of hydrogen-bond acceptors (Lipinski definition) is 6. The van der Waals surface area contributed by atoms with E-state index in [0.29, 0.717) is 22.4 Å². The minimum atomic E-state index is -0.846. The monoisotopic (exact) mass is 474 g/mol. The number of thiazole rings is 1. The number of ether oxygens (including phenoxy) is 1. The van der Waals surface area contributed by atoms with Crippen molar-refractivity contribution < 1.29 is 13.5 Å². The van der Waals surface area contributed by atoms with Gasteiger partial charge in [0.15, 0.2) is 12.2 Å². The zero-order chi connectivity index (χ0) is 24.2. The second kappa shape index (κ2) is 9.65. The summed E-state index contributed by atoms with van der Waals surface area (Å²) in [5.74, 6) is -1.68. The van der Waals surface area contributed by atoms with Gasteiger partial charge in [-0.1, -0.05) is 24.3 Å². The predicted molar refractivity (Wildman–Crippen MR) is 125 cm³/mol. The van der Waals surface area contributed by atoms with Gasteiger partial charge < -0.3 is 4.74 Å². The summed E-state index contributed by atoms with van der Waals surface area (Å²) in [6.45, 7) is 2.08. The molecule has 0 fully saturated rings. The normalized spacial score (nSPS) is 15.9. The topological polar surface area (TPSA) is 91.2 Å². The molecule has 0 bridgehead atoms. The maximum atomic E-state index is 13.6. The van der Waals surface area contributed by atoms with E-state index in [4.69, 9.17) is 4.74 Å². The lowest BCUT2D eigenvalue weighted by atomic mass is 9.84. The average molecular weight is 474 g/mol. The average Bonchev–Trinajstić information content (AvgIpc) is 3.16. The van der Waals surface area contributed by atoms with Gasteiger partial charge >= 0.3 is 0 Å². The lowest BCUT2D eigenvalue weighted by molar-refractivity contribution is 0.344. The maximum absolute atomic E-state index is 13.6. The first-order valence-electron chi connectivity index (χ1n) is 10.2. The van der Waals surface area contributed by atoms with Crippen molar-refractivity contribution >= 4 is 35.2 Å². The fraction of sp³-hybridized carbons (Fsp3) is 0.120. The Hall–Kier alpha value is -4.34. The van der Waals surface area contributed by atoms with Crippen LogP contribution in [0.15, 0.2) is 63.9 Å². The van der Waals surface area contributed by atoms with Crippen LogP contribution in [-0.4, -0.2) is 17.6 Å². The first-order chi connectivity index (χ1) is 16.5. The standard InChI is InChI=1S/C25H16F2N4O2S/c1-2-33-14-30-23-19(12-28)22(16-5-9-18(27)10-6-16)20(13-29)25-31(23)24(32)21(34-25)11-15-3-7-17(26)8-4-15/h3-11,14,22H,2H2,1H3/b21-11+,30-14+. The Labute approximate surface area is 196 Å². The van der Waals surface area contributed by atoms with Crippen LogP contribution in [0.25, 0.3) is 17.5 Å². The molecule has 0 amide bonds. The molecule has 6 nitrogen and oxygen atoms in total. The molecule has 0 saturated heterocycles. The van der Waals surface area contributed by atoms with E-state index in [1.165, 1.54) is 53.1 Å². The van der Waals surface area contributed by atoms with Crippen molar-refractivity contribution in [3.05, 3.63) is 96.4 Å². The van der Waals surface area contributed by atoms with Gasteiger partial charge in [0.1, 0.15) is 16.3 Å². The molecule has 2 heterocycles. The van der Waals surface area contributed by atoms with Gasteiger partial charge in [0, 0.05) is 0 Å². The van der Waals surface area contributed by atoms with E-state index in [0.717, 1.165) is 17.7 Å². The minimum absolute atomic E-state index is 0.0271.